The Morgan fingerprint density at radius 3 is 2.53 bits per heavy atom. The van der Waals surface area contributed by atoms with Gasteiger partial charge in [0.1, 0.15) is 5.75 Å². The lowest BCUT2D eigenvalue weighted by atomic mass is 10.0. The van der Waals surface area contributed by atoms with Crippen LogP contribution >= 0.6 is 0 Å². The molecule has 1 aromatic carbocycles. The number of rotatable bonds is 8. The van der Waals surface area contributed by atoms with Crippen LogP contribution in [0.25, 0.3) is 0 Å². The molecule has 0 aliphatic rings. The van der Waals surface area contributed by atoms with Crippen LogP contribution in [0.3, 0.4) is 0 Å². The van der Waals surface area contributed by atoms with Crippen molar-refractivity contribution in [3.05, 3.63) is 29.3 Å². The minimum Gasteiger partial charge on any atom is -0.496 e. The monoisotopic (exact) mass is 265 g/mol. The molecule has 0 bridgehead atoms. The summed E-state index contributed by atoms with van der Waals surface area (Å²) in [6.07, 6.45) is 1.21. The summed E-state index contributed by atoms with van der Waals surface area (Å²) < 4.78 is 10.6. The molecule has 19 heavy (non-hydrogen) atoms. The lowest BCUT2D eigenvalue weighted by Crippen LogP contribution is -2.24. The van der Waals surface area contributed by atoms with Crippen LogP contribution in [-0.4, -0.2) is 20.8 Å². The highest BCUT2D eigenvalue weighted by molar-refractivity contribution is 5.38. The molecule has 0 aromatic heterocycles. The predicted molar refractivity (Wildman–Crippen MR) is 79.6 cm³/mol. The summed E-state index contributed by atoms with van der Waals surface area (Å²) in [6.45, 7) is 8.31. The maximum atomic E-state index is 5.35. The van der Waals surface area contributed by atoms with Crippen LogP contribution in [0.2, 0.25) is 0 Å². The maximum absolute atomic E-state index is 5.35. The molecule has 0 saturated carbocycles. The summed E-state index contributed by atoms with van der Waals surface area (Å²) in [4.78, 5) is 0. The number of nitrogens with one attached hydrogen (secondary N) is 1. The highest BCUT2D eigenvalue weighted by Crippen LogP contribution is 2.24. The number of hydrogen-bond acceptors (Lipinski definition) is 3. The second-order valence-corrected chi connectivity index (χ2v) is 5.15. The molecule has 0 aliphatic carbocycles. The first-order valence-corrected chi connectivity index (χ1v) is 7.01. The molecule has 108 valence electrons. The third-order valence-electron chi connectivity index (χ3n) is 3.57. The summed E-state index contributed by atoms with van der Waals surface area (Å²) in [7, 11) is 3.40. The van der Waals surface area contributed by atoms with Crippen molar-refractivity contribution < 1.29 is 9.47 Å². The van der Waals surface area contributed by atoms with Gasteiger partial charge in [-0.1, -0.05) is 26.3 Å². The molecular formula is C16H27NO2. The first kappa shape index (κ1) is 16.0. The van der Waals surface area contributed by atoms with Gasteiger partial charge in [0.15, 0.2) is 0 Å². The first-order chi connectivity index (χ1) is 9.12. The highest BCUT2D eigenvalue weighted by atomic mass is 16.5. The summed E-state index contributed by atoms with van der Waals surface area (Å²) in [5, 5.41) is 3.57. The smallest absolute Gasteiger partial charge is 0.124 e. The van der Waals surface area contributed by atoms with E-state index in [1.165, 1.54) is 12.0 Å². The van der Waals surface area contributed by atoms with Crippen LogP contribution in [0, 0.1) is 5.92 Å². The van der Waals surface area contributed by atoms with Crippen molar-refractivity contribution in [3.8, 4) is 5.75 Å². The minimum absolute atomic E-state index is 0.343. The number of hydrogen-bond donors (Lipinski definition) is 1. The van der Waals surface area contributed by atoms with E-state index in [9.17, 15) is 0 Å². The van der Waals surface area contributed by atoms with Gasteiger partial charge < -0.3 is 14.8 Å². The van der Waals surface area contributed by atoms with Crippen molar-refractivity contribution in [1.82, 2.24) is 5.32 Å². The number of benzene rings is 1. The average molecular weight is 265 g/mol. The molecule has 2 unspecified atom stereocenters. The summed E-state index contributed by atoms with van der Waals surface area (Å²) >= 11 is 0. The van der Waals surface area contributed by atoms with Gasteiger partial charge in [-0.05, 0) is 37.1 Å². The van der Waals surface area contributed by atoms with E-state index in [2.05, 4.69) is 38.2 Å². The van der Waals surface area contributed by atoms with Crippen LogP contribution in [0.4, 0.5) is 0 Å². The van der Waals surface area contributed by atoms with E-state index >= 15 is 0 Å². The van der Waals surface area contributed by atoms with Gasteiger partial charge in [-0.25, -0.2) is 0 Å². The topological polar surface area (TPSA) is 30.5 Å². The molecule has 0 saturated heterocycles. The van der Waals surface area contributed by atoms with Crippen LogP contribution < -0.4 is 10.1 Å². The molecule has 0 fully saturated rings. The van der Waals surface area contributed by atoms with Gasteiger partial charge in [0, 0.05) is 18.7 Å². The van der Waals surface area contributed by atoms with E-state index in [1.54, 1.807) is 14.2 Å². The highest BCUT2D eigenvalue weighted by Gasteiger charge is 2.10. The zero-order chi connectivity index (χ0) is 14.3. The van der Waals surface area contributed by atoms with Crippen molar-refractivity contribution in [2.75, 3.05) is 20.8 Å². The Morgan fingerprint density at radius 1 is 1.21 bits per heavy atom. The van der Waals surface area contributed by atoms with Crippen molar-refractivity contribution in [2.45, 2.75) is 39.8 Å². The zero-order valence-electron chi connectivity index (χ0n) is 12.8. The van der Waals surface area contributed by atoms with Crippen LogP contribution in [0.5, 0.6) is 5.75 Å². The van der Waals surface area contributed by atoms with E-state index in [0.29, 0.717) is 18.6 Å². The van der Waals surface area contributed by atoms with Crippen molar-refractivity contribution in [2.24, 2.45) is 5.92 Å². The van der Waals surface area contributed by atoms with Crippen LogP contribution in [-0.2, 0) is 11.3 Å². The zero-order valence-corrected chi connectivity index (χ0v) is 12.8. The standard InChI is InChI=1S/C16H27NO2/c1-6-12(2)10-17-13(3)14-7-8-16(19-5)15(9-14)11-18-4/h7-9,12-13,17H,6,10-11H2,1-5H3. The van der Waals surface area contributed by atoms with Gasteiger partial charge in [0.05, 0.1) is 13.7 Å². The molecule has 1 aromatic rings. The van der Waals surface area contributed by atoms with Gasteiger partial charge in [-0.3, -0.25) is 0 Å². The maximum Gasteiger partial charge on any atom is 0.124 e. The van der Waals surface area contributed by atoms with E-state index in [4.69, 9.17) is 9.47 Å². The van der Waals surface area contributed by atoms with Crippen molar-refractivity contribution in [1.29, 1.82) is 0 Å². The second-order valence-electron chi connectivity index (χ2n) is 5.15. The summed E-state index contributed by atoms with van der Waals surface area (Å²) in [5.74, 6) is 1.60. The van der Waals surface area contributed by atoms with Crippen LogP contribution in [0.1, 0.15) is 44.4 Å². The second kappa shape index (κ2) is 8.18. The van der Waals surface area contributed by atoms with Crippen LogP contribution in [0.15, 0.2) is 18.2 Å². The lowest BCUT2D eigenvalue weighted by molar-refractivity contribution is 0.181. The molecule has 0 radical (unpaired) electrons. The molecule has 3 heteroatoms. The molecule has 2 atom stereocenters. The van der Waals surface area contributed by atoms with E-state index < -0.39 is 0 Å². The fourth-order valence-electron chi connectivity index (χ4n) is 1.98. The fraction of sp³-hybridized carbons (Fsp3) is 0.625. The van der Waals surface area contributed by atoms with Gasteiger partial charge in [-0.15, -0.1) is 0 Å². The number of methoxy groups -OCH3 is 2. The third kappa shape index (κ3) is 4.84. The molecule has 1 rings (SSSR count). The molecule has 1 N–H and O–H groups in total. The molecule has 0 heterocycles. The lowest BCUT2D eigenvalue weighted by Gasteiger charge is -2.19. The predicted octanol–water partition coefficient (Wildman–Crippen LogP) is 3.54. The molecule has 0 spiro atoms. The Hall–Kier alpha value is -1.06. The Labute approximate surface area is 117 Å². The third-order valence-corrected chi connectivity index (χ3v) is 3.57. The Bertz CT molecular complexity index is 379. The largest absolute Gasteiger partial charge is 0.496 e. The van der Waals surface area contributed by atoms with Gasteiger partial charge in [0.25, 0.3) is 0 Å². The SMILES string of the molecule is CCC(C)CNC(C)c1ccc(OC)c(COC)c1. The Kier molecular flexibility index (Phi) is 6.89. The minimum atomic E-state index is 0.343. The van der Waals surface area contributed by atoms with Gasteiger partial charge in [-0.2, -0.15) is 0 Å². The molecule has 3 nitrogen and oxygen atoms in total. The van der Waals surface area contributed by atoms with Crippen molar-refractivity contribution >= 4 is 0 Å². The number of ether oxygens (including phenoxy) is 2. The summed E-state index contributed by atoms with van der Waals surface area (Å²) in [5.41, 5.74) is 2.37. The Balaban J connectivity index is 2.74. The van der Waals surface area contributed by atoms with Crippen molar-refractivity contribution in [3.63, 3.8) is 0 Å². The normalized spacial score (nSPS) is 14.2. The quantitative estimate of drug-likeness (QED) is 0.780. The molecule has 0 amide bonds. The average Bonchev–Trinajstić information content (AvgIpc) is 2.44. The van der Waals surface area contributed by atoms with Gasteiger partial charge in [0.2, 0.25) is 0 Å². The summed E-state index contributed by atoms with van der Waals surface area (Å²) in [6, 6.07) is 6.64. The van der Waals surface area contributed by atoms with E-state index in [0.717, 1.165) is 17.9 Å². The molecule has 0 aliphatic heterocycles. The fourth-order valence-corrected chi connectivity index (χ4v) is 1.98. The Morgan fingerprint density at radius 2 is 1.95 bits per heavy atom. The first-order valence-electron chi connectivity index (χ1n) is 7.01. The van der Waals surface area contributed by atoms with E-state index in [1.807, 2.05) is 6.07 Å². The van der Waals surface area contributed by atoms with Gasteiger partial charge >= 0.3 is 0 Å². The molecular weight excluding hydrogens is 238 g/mol. The van der Waals surface area contributed by atoms with E-state index in [-0.39, 0.29) is 0 Å².